The molecule has 0 radical (unpaired) electrons. The van der Waals surface area contributed by atoms with Crippen LogP contribution < -0.4 is 0 Å². The molecule has 1 heterocycles. The van der Waals surface area contributed by atoms with Crippen LogP contribution in [0.2, 0.25) is 0 Å². The van der Waals surface area contributed by atoms with Crippen molar-refractivity contribution in [1.82, 2.24) is 4.90 Å². The van der Waals surface area contributed by atoms with Gasteiger partial charge in [-0.3, -0.25) is 19.3 Å². The summed E-state index contributed by atoms with van der Waals surface area (Å²) in [5.74, 6) is 2.90. The van der Waals surface area contributed by atoms with Gasteiger partial charge in [-0.2, -0.15) is 0 Å². The highest BCUT2D eigenvalue weighted by Crippen LogP contribution is 2.41. The molecule has 39 heavy (non-hydrogen) atoms. The Balaban J connectivity index is 0.000000299. The minimum absolute atomic E-state index is 0.0226. The number of nitrogens with zero attached hydrogens (tertiary/aromatic N) is 1. The van der Waals surface area contributed by atoms with E-state index in [9.17, 15) is 14.4 Å². The Hall–Kier alpha value is -2.81. The minimum atomic E-state index is -0.343. The van der Waals surface area contributed by atoms with Crippen molar-refractivity contribution in [2.24, 2.45) is 23.2 Å². The molecule has 2 amide bonds. The SMILES string of the molecule is C#CCN1C(=O)C(C)C(C)C1=O.CCC(C)(C)C(=O)OC1(C(C)C)CCCC1.CCC(C)c1ccc(O)cc1. The van der Waals surface area contributed by atoms with Crippen LogP contribution in [0.25, 0.3) is 0 Å². The molecule has 6 heteroatoms. The Morgan fingerprint density at radius 1 is 1.08 bits per heavy atom. The van der Waals surface area contributed by atoms with Crippen LogP contribution in [0.5, 0.6) is 5.75 Å². The summed E-state index contributed by atoms with van der Waals surface area (Å²) in [5, 5.41) is 9.01. The van der Waals surface area contributed by atoms with E-state index in [1.807, 2.05) is 32.9 Å². The number of phenols is 1. The number of amides is 2. The van der Waals surface area contributed by atoms with Crippen molar-refractivity contribution in [2.45, 2.75) is 112 Å². The lowest BCUT2D eigenvalue weighted by atomic mass is 9.86. The van der Waals surface area contributed by atoms with Gasteiger partial charge in [0.2, 0.25) is 11.8 Å². The Bertz CT molecular complexity index is 962. The Morgan fingerprint density at radius 3 is 1.95 bits per heavy atom. The first-order chi connectivity index (χ1) is 18.2. The molecule has 1 saturated carbocycles. The number of esters is 1. The fraction of sp³-hybridized carbons (Fsp3) is 0.667. The molecule has 1 saturated heterocycles. The third kappa shape index (κ3) is 9.12. The predicted molar refractivity (Wildman–Crippen MR) is 157 cm³/mol. The van der Waals surface area contributed by atoms with Gasteiger partial charge in [-0.05, 0) is 81.9 Å². The molecule has 1 aliphatic carbocycles. The van der Waals surface area contributed by atoms with Crippen molar-refractivity contribution in [3.05, 3.63) is 29.8 Å². The molecule has 0 spiro atoms. The quantitative estimate of drug-likeness (QED) is 0.226. The Kier molecular flexibility index (Phi) is 13.3. The highest BCUT2D eigenvalue weighted by atomic mass is 16.6. The van der Waals surface area contributed by atoms with Gasteiger partial charge in [0.1, 0.15) is 11.4 Å². The van der Waals surface area contributed by atoms with Gasteiger partial charge in [-0.25, -0.2) is 0 Å². The number of hydrogen-bond donors (Lipinski definition) is 1. The van der Waals surface area contributed by atoms with E-state index in [1.54, 1.807) is 26.0 Å². The molecular formula is C33H51NO5. The van der Waals surface area contributed by atoms with Crippen LogP contribution in [-0.4, -0.2) is 39.9 Å². The van der Waals surface area contributed by atoms with Crippen molar-refractivity contribution in [1.29, 1.82) is 0 Å². The summed E-state index contributed by atoms with van der Waals surface area (Å²) in [4.78, 5) is 35.9. The molecular weight excluding hydrogens is 490 g/mol. The van der Waals surface area contributed by atoms with Gasteiger partial charge in [0, 0.05) is 11.8 Å². The van der Waals surface area contributed by atoms with E-state index in [0.717, 1.165) is 30.6 Å². The fourth-order valence-electron chi connectivity index (χ4n) is 4.55. The number of rotatable bonds is 7. The fourth-order valence-corrected chi connectivity index (χ4v) is 4.55. The number of terminal acetylenes is 1. The molecule has 2 aliphatic rings. The van der Waals surface area contributed by atoms with E-state index >= 15 is 0 Å². The number of phenolic OH excluding ortho intramolecular Hbond substituents is 1. The van der Waals surface area contributed by atoms with E-state index in [2.05, 4.69) is 33.6 Å². The number of ether oxygens (including phenoxy) is 1. The topological polar surface area (TPSA) is 83.9 Å². The zero-order valence-electron chi connectivity index (χ0n) is 25.7. The second kappa shape index (κ2) is 15.1. The lowest BCUT2D eigenvalue weighted by Crippen LogP contribution is -2.41. The number of likely N-dealkylation sites (tertiary alicyclic amines) is 1. The smallest absolute Gasteiger partial charge is 0.312 e. The van der Waals surface area contributed by atoms with Gasteiger partial charge in [0.25, 0.3) is 0 Å². The zero-order valence-corrected chi connectivity index (χ0v) is 25.7. The normalized spacial score (nSPS) is 20.9. The van der Waals surface area contributed by atoms with Crippen LogP contribution in [0.15, 0.2) is 24.3 Å². The molecule has 1 aromatic carbocycles. The highest BCUT2D eigenvalue weighted by Gasteiger charge is 2.43. The Morgan fingerprint density at radius 2 is 1.56 bits per heavy atom. The van der Waals surface area contributed by atoms with E-state index in [4.69, 9.17) is 16.3 Å². The zero-order chi connectivity index (χ0) is 30.0. The van der Waals surface area contributed by atoms with Crippen LogP contribution >= 0.6 is 0 Å². The monoisotopic (exact) mass is 541 g/mol. The Labute approximate surface area is 236 Å². The second-order valence-electron chi connectivity index (χ2n) is 12.0. The van der Waals surface area contributed by atoms with E-state index in [-0.39, 0.29) is 47.2 Å². The lowest BCUT2D eigenvalue weighted by Gasteiger charge is -2.36. The van der Waals surface area contributed by atoms with Gasteiger partial charge in [-0.15, -0.1) is 6.42 Å². The number of hydrogen-bond acceptors (Lipinski definition) is 5. The lowest BCUT2D eigenvalue weighted by molar-refractivity contribution is -0.175. The third-order valence-corrected chi connectivity index (χ3v) is 8.62. The van der Waals surface area contributed by atoms with Gasteiger partial charge in [0.05, 0.1) is 12.0 Å². The molecule has 218 valence electrons. The first kappa shape index (κ1) is 34.2. The highest BCUT2D eigenvalue weighted by molar-refractivity contribution is 6.04. The summed E-state index contributed by atoms with van der Waals surface area (Å²) in [6.45, 7) is 18.3. The molecule has 2 fully saturated rings. The first-order valence-electron chi connectivity index (χ1n) is 14.5. The van der Waals surface area contributed by atoms with Crippen molar-refractivity contribution in [3.63, 3.8) is 0 Å². The van der Waals surface area contributed by atoms with Crippen molar-refractivity contribution < 1.29 is 24.2 Å². The first-order valence-corrected chi connectivity index (χ1v) is 14.5. The third-order valence-electron chi connectivity index (χ3n) is 8.62. The van der Waals surface area contributed by atoms with Crippen LogP contribution in [0.4, 0.5) is 0 Å². The van der Waals surface area contributed by atoms with E-state index < -0.39 is 0 Å². The van der Waals surface area contributed by atoms with Crippen molar-refractivity contribution in [2.75, 3.05) is 6.54 Å². The van der Waals surface area contributed by atoms with Crippen molar-refractivity contribution >= 4 is 17.8 Å². The summed E-state index contributed by atoms with van der Waals surface area (Å²) in [7, 11) is 0. The summed E-state index contributed by atoms with van der Waals surface area (Å²) in [6.07, 6.45) is 11.5. The number of carbonyl (C=O) groups is 3. The average Bonchev–Trinajstić information content (AvgIpc) is 3.46. The molecule has 1 N–H and O–H groups in total. The maximum atomic E-state index is 12.1. The number of benzene rings is 1. The molecule has 1 aliphatic heterocycles. The molecule has 3 unspecified atom stereocenters. The molecule has 1 aromatic rings. The molecule has 0 aromatic heterocycles. The van der Waals surface area contributed by atoms with Gasteiger partial charge < -0.3 is 9.84 Å². The van der Waals surface area contributed by atoms with E-state index in [0.29, 0.717) is 17.6 Å². The maximum absolute atomic E-state index is 12.1. The minimum Gasteiger partial charge on any atom is -0.508 e. The average molecular weight is 542 g/mol. The summed E-state index contributed by atoms with van der Waals surface area (Å²) in [6, 6.07) is 7.43. The van der Waals surface area contributed by atoms with Crippen LogP contribution in [0.1, 0.15) is 112 Å². The van der Waals surface area contributed by atoms with Crippen LogP contribution in [0, 0.1) is 35.5 Å². The second-order valence-corrected chi connectivity index (χ2v) is 12.0. The predicted octanol–water partition coefficient (Wildman–Crippen LogP) is 7.10. The van der Waals surface area contributed by atoms with Gasteiger partial charge in [0.15, 0.2) is 0 Å². The standard InChI is InChI=1S/C14H26O2.C10H14O.C9H11NO2/c1-6-13(4,5)12(15)16-14(11(2)3)9-7-8-10-14;1-3-8(2)9-4-6-10(11)7-5-9;1-4-5-10-8(11)6(2)7(3)9(10)12/h11H,6-10H2,1-5H3;4-8,11H,3H2,1-2H3;1,6-7H,5H2,2-3H3. The molecule has 3 atom stereocenters. The largest absolute Gasteiger partial charge is 0.508 e. The molecule has 6 nitrogen and oxygen atoms in total. The summed E-state index contributed by atoms with van der Waals surface area (Å²) in [5.41, 5.74) is 0.777. The van der Waals surface area contributed by atoms with Crippen LogP contribution in [-0.2, 0) is 19.1 Å². The number of aromatic hydroxyl groups is 1. The molecule has 0 bridgehead atoms. The van der Waals surface area contributed by atoms with Gasteiger partial charge in [-0.1, -0.05) is 66.5 Å². The number of carbonyl (C=O) groups excluding carboxylic acids is 3. The van der Waals surface area contributed by atoms with E-state index in [1.165, 1.54) is 18.4 Å². The van der Waals surface area contributed by atoms with Gasteiger partial charge >= 0.3 is 5.97 Å². The van der Waals surface area contributed by atoms with Crippen LogP contribution in [0.3, 0.4) is 0 Å². The summed E-state index contributed by atoms with van der Waals surface area (Å²) < 4.78 is 5.88. The maximum Gasteiger partial charge on any atom is 0.312 e. The molecule has 3 rings (SSSR count). The number of imide groups is 1. The van der Waals surface area contributed by atoms with Crippen molar-refractivity contribution in [3.8, 4) is 18.1 Å². The summed E-state index contributed by atoms with van der Waals surface area (Å²) >= 11 is 0.